The van der Waals surface area contributed by atoms with Crippen molar-refractivity contribution in [2.75, 3.05) is 6.54 Å². The fraction of sp³-hybridized carbons (Fsp3) is 0.200. The lowest BCUT2D eigenvalue weighted by atomic mass is 10.2. The maximum absolute atomic E-state index is 10.9. The lowest BCUT2D eigenvalue weighted by molar-refractivity contribution is -0.108. The first kappa shape index (κ1) is 10.3. The van der Waals surface area contributed by atoms with E-state index in [-0.39, 0.29) is 11.3 Å². The zero-order chi connectivity index (χ0) is 11.5. The Kier molecular flexibility index (Phi) is 2.63. The Bertz CT molecular complexity index is 470. The van der Waals surface area contributed by atoms with Gasteiger partial charge in [0.15, 0.2) is 0 Å². The third-order valence-electron chi connectivity index (χ3n) is 2.19. The van der Waals surface area contributed by atoms with Crippen LogP contribution in [0.3, 0.4) is 0 Å². The van der Waals surface area contributed by atoms with Gasteiger partial charge in [0.05, 0.1) is 12.1 Å². The number of hydrogen-bond donors (Lipinski definition) is 2. The highest BCUT2D eigenvalue weighted by molar-refractivity contribution is 6.07. The second-order valence-corrected chi connectivity index (χ2v) is 3.28. The summed E-state index contributed by atoms with van der Waals surface area (Å²) in [6.07, 6.45) is 2.22. The van der Waals surface area contributed by atoms with Gasteiger partial charge in [-0.1, -0.05) is 0 Å². The highest BCUT2D eigenvalue weighted by atomic mass is 16.4. The SMILES string of the molecule is O=CC1CN=C(c2ncccc2C(=O)O)N1. The van der Waals surface area contributed by atoms with Crippen LogP contribution in [0.5, 0.6) is 0 Å². The number of aliphatic imine (C=N–C) groups is 1. The first-order chi connectivity index (χ1) is 7.72. The molecule has 0 aromatic carbocycles. The van der Waals surface area contributed by atoms with Crippen LogP contribution in [0, 0.1) is 0 Å². The van der Waals surface area contributed by atoms with Crippen LogP contribution < -0.4 is 5.32 Å². The summed E-state index contributed by atoms with van der Waals surface area (Å²) in [7, 11) is 0. The van der Waals surface area contributed by atoms with Crippen LogP contribution in [0.25, 0.3) is 0 Å². The molecule has 0 bridgehead atoms. The smallest absolute Gasteiger partial charge is 0.338 e. The summed E-state index contributed by atoms with van der Waals surface area (Å²) in [6, 6.07) is 2.60. The van der Waals surface area contributed by atoms with Gasteiger partial charge in [-0.15, -0.1) is 0 Å². The van der Waals surface area contributed by atoms with Gasteiger partial charge in [0, 0.05) is 6.20 Å². The molecule has 0 aliphatic carbocycles. The van der Waals surface area contributed by atoms with Crippen molar-refractivity contribution in [2.24, 2.45) is 4.99 Å². The second kappa shape index (κ2) is 4.09. The number of carbonyl (C=O) groups is 2. The van der Waals surface area contributed by atoms with Crippen molar-refractivity contribution >= 4 is 18.1 Å². The Morgan fingerprint density at radius 2 is 2.44 bits per heavy atom. The third kappa shape index (κ3) is 1.77. The summed E-state index contributed by atoms with van der Waals surface area (Å²) in [6.45, 7) is 0.314. The average Bonchev–Trinajstić information content (AvgIpc) is 2.77. The summed E-state index contributed by atoms with van der Waals surface area (Å²) in [5.74, 6) is -0.711. The number of carboxylic acids is 1. The van der Waals surface area contributed by atoms with Gasteiger partial charge >= 0.3 is 5.97 Å². The summed E-state index contributed by atoms with van der Waals surface area (Å²) < 4.78 is 0. The topological polar surface area (TPSA) is 91.7 Å². The summed E-state index contributed by atoms with van der Waals surface area (Å²) in [4.78, 5) is 29.5. The molecule has 0 fully saturated rings. The fourth-order valence-corrected chi connectivity index (χ4v) is 1.44. The van der Waals surface area contributed by atoms with E-state index in [0.717, 1.165) is 6.29 Å². The molecule has 6 nitrogen and oxygen atoms in total. The molecule has 1 unspecified atom stereocenters. The molecule has 2 rings (SSSR count). The lowest BCUT2D eigenvalue weighted by Gasteiger charge is -2.06. The first-order valence-electron chi connectivity index (χ1n) is 4.67. The van der Waals surface area contributed by atoms with Gasteiger partial charge in [-0.3, -0.25) is 9.98 Å². The molecule has 1 atom stereocenters. The van der Waals surface area contributed by atoms with Crippen LogP contribution in [-0.4, -0.2) is 40.8 Å². The normalized spacial score (nSPS) is 18.8. The number of amidine groups is 1. The van der Waals surface area contributed by atoms with Gasteiger partial charge in [0.1, 0.15) is 23.9 Å². The highest BCUT2D eigenvalue weighted by Crippen LogP contribution is 2.09. The molecule has 1 aromatic heterocycles. The number of hydrogen-bond acceptors (Lipinski definition) is 5. The van der Waals surface area contributed by atoms with Crippen molar-refractivity contribution in [3.63, 3.8) is 0 Å². The predicted octanol–water partition coefficient (Wildman–Crippen LogP) is -0.303. The molecule has 6 heteroatoms. The molecule has 1 aromatic rings. The van der Waals surface area contributed by atoms with Crippen molar-refractivity contribution in [2.45, 2.75) is 6.04 Å². The van der Waals surface area contributed by atoms with Crippen LogP contribution >= 0.6 is 0 Å². The van der Waals surface area contributed by atoms with E-state index < -0.39 is 12.0 Å². The van der Waals surface area contributed by atoms with Gasteiger partial charge in [-0.2, -0.15) is 0 Å². The van der Waals surface area contributed by atoms with Gasteiger partial charge in [0.25, 0.3) is 0 Å². The fourth-order valence-electron chi connectivity index (χ4n) is 1.44. The minimum Gasteiger partial charge on any atom is -0.478 e. The van der Waals surface area contributed by atoms with E-state index in [0.29, 0.717) is 12.4 Å². The average molecular weight is 219 g/mol. The molecule has 0 spiro atoms. The molecule has 1 aliphatic heterocycles. The number of nitrogens with zero attached hydrogens (tertiary/aromatic N) is 2. The molecule has 0 saturated carbocycles. The van der Waals surface area contributed by atoms with E-state index in [4.69, 9.17) is 5.11 Å². The van der Waals surface area contributed by atoms with E-state index in [1.54, 1.807) is 6.07 Å². The minimum atomic E-state index is -1.07. The monoisotopic (exact) mass is 219 g/mol. The predicted molar refractivity (Wildman–Crippen MR) is 55.6 cm³/mol. The number of aromatic nitrogens is 1. The van der Waals surface area contributed by atoms with Gasteiger partial charge in [0.2, 0.25) is 0 Å². The van der Waals surface area contributed by atoms with Crippen LogP contribution in [-0.2, 0) is 4.79 Å². The highest BCUT2D eigenvalue weighted by Gasteiger charge is 2.22. The number of rotatable bonds is 3. The second-order valence-electron chi connectivity index (χ2n) is 3.28. The van der Waals surface area contributed by atoms with Crippen LogP contribution in [0.15, 0.2) is 23.3 Å². The Balaban J connectivity index is 2.35. The molecule has 16 heavy (non-hydrogen) atoms. The Hall–Kier alpha value is -2.24. The molecule has 82 valence electrons. The van der Waals surface area contributed by atoms with E-state index in [2.05, 4.69) is 15.3 Å². The molecule has 2 N–H and O–H groups in total. The number of carboxylic acid groups (broad SMARTS) is 1. The third-order valence-corrected chi connectivity index (χ3v) is 2.19. The maximum Gasteiger partial charge on any atom is 0.338 e. The number of aldehydes is 1. The van der Waals surface area contributed by atoms with Crippen molar-refractivity contribution in [1.82, 2.24) is 10.3 Å². The Morgan fingerprint density at radius 3 is 3.06 bits per heavy atom. The molecule has 2 heterocycles. The van der Waals surface area contributed by atoms with Gasteiger partial charge in [-0.05, 0) is 12.1 Å². The van der Waals surface area contributed by atoms with E-state index >= 15 is 0 Å². The molecular weight excluding hydrogens is 210 g/mol. The van der Waals surface area contributed by atoms with Crippen molar-refractivity contribution in [3.05, 3.63) is 29.6 Å². The molecular formula is C10H9N3O3. The number of nitrogens with one attached hydrogen (secondary N) is 1. The zero-order valence-corrected chi connectivity index (χ0v) is 8.25. The number of carbonyl (C=O) groups excluding carboxylic acids is 1. The van der Waals surface area contributed by atoms with E-state index in [1.165, 1.54) is 12.3 Å². The van der Waals surface area contributed by atoms with Crippen molar-refractivity contribution < 1.29 is 14.7 Å². The van der Waals surface area contributed by atoms with Gasteiger partial charge in [-0.25, -0.2) is 4.79 Å². The van der Waals surface area contributed by atoms with Crippen LogP contribution in [0.1, 0.15) is 16.1 Å². The zero-order valence-electron chi connectivity index (χ0n) is 8.25. The molecule has 0 radical (unpaired) electrons. The number of aromatic carboxylic acids is 1. The van der Waals surface area contributed by atoms with Crippen LogP contribution in [0.2, 0.25) is 0 Å². The van der Waals surface area contributed by atoms with Gasteiger partial charge < -0.3 is 15.2 Å². The maximum atomic E-state index is 10.9. The van der Waals surface area contributed by atoms with Crippen LogP contribution in [0.4, 0.5) is 0 Å². The minimum absolute atomic E-state index is 0.0697. The largest absolute Gasteiger partial charge is 0.478 e. The molecule has 1 aliphatic rings. The lowest BCUT2D eigenvalue weighted by Crippen LogP contribution is -2.33. The quantitative estimate of drug-likeness (QED) is 0.681. The standard InChI is InChI=1S/C10H9N3O3/c14-5-6-4-12-9(13-6)8-7(10(15)16)2-1-3-11-8/h1-3,5-6H,4H2,(H,12,13)(H,15,16). The molecule has 0 saturated heterocycles. The molecule has 0 amide bonds. The summed E-state index contributed by atoms with van der Waals surface area (Å²) in [5.41, 5.74) is 0.333. The Morgan fingerprint density at radius 1 is 1.62 bits per heavy atom. The first-order valence-corrected chi connectivity index (χ1v) is 4.67. The summed E-state index contributed by atoms with van der Waals surface area (Å²) in [5, 5.41) is 11.8. The van der Waals surface area contributed by atoms with Crippen molar-refractivity contribution in [1.29, 1.82) is 0 Å². The summed E-state index contributed by atoms with van der Waals surface area (Å²) >= 11 is 0. The van der Waals surface area contributed by atoms with E-state index in [9.17, 15) is 9.59 Å². The Labute approximate surface area is 91.0 Å². The number of pyridine rings is 1. The van der Waals surface area contributed by atoms with E-state index in [1.807, 2.05) is 0 Å². The van der Waals surface area contributed by atoms with Crippen molar-refractivity contribution in [3.8, 4) is 0 Å².